The molecule has 0 atom stereocenters. The highest BCUT2D eigenvalue weighted by Crippen LogP contribution is 2.23. The van der Waals surface area contributed by atoms with Crippen molar-refractivity contribution < 1.29 is 8.78 Å². The lowest BCUT2D eigenvalue weighted by Crippen LogP contribution is -2.32. The molecule has 1 fully saturated rings. The fourth-order valence-corrected chi connectivity index (χ4v) is 2.82. The van der Waals surface area contributed by atoms with E-state index in [-0.39, 0.29) is 0 Å². The fraction of sp³-hybridized carbons (Fsp3) is 0.333. The second kappa shape index (κ2) is 6.44. The zero-order valence-electron chi connectivity index (χ0n) is 13.3. The summed E-state index contributed by atoms with van der Waals surface area (Å²) < 4.78 is 26.2. The summed E-state index contributed by atoms with van der Waals surface area (Å²) >= 11 is 0. The quantitative estimate of drug-likeness (QED) is 0.837. The van der Waals surface area contributed by atoms with Gasteiger partial charge in [0.15, 0.2) is 11.6 Å². The van der Waals surface area contributed by atoms with Gasteiger partial charge in [-0.2, -0.15) is 0 Å². The predicted molar refractivity (Wildman–Crippen MR) is 87.3 cm³/mol. The lowest BCUT2D eigenvalue weighted by molar-refractivity contribution is 0.508. The van der Waals surface area contributed by atoms with Crippen molar-refractivity contribution in [3.63, 3.8) is 0 Å². The SMILES string of the molecule is Cc1cc(C)nc(N2CCC(=Cc3ccc(F)c(F)c3)CC2)n1. The summed E-state index contributed by atoms with van der Waals surface area (Å²) in [6.45, 7) is 5.60. The van der Waals surface area contributed by atoms with Crippen LogP contribution < -0.4 is 4.90 Å². The molecule has 0 unspecified atom stereocenters. The number of hydrogen-bond donors (Lipinski definition) is 0. The van der Waals surface area contributed by atoms with Crippen LogP contribution in [0, 0.1) is 25.5 Å². The van der Waals surface area contributed by atoms with Gasteiger partial charge >= 0.3 is 0 Å². The van der Waals surface area contributed by atoms with Gasteiger partial charge < -0.3 is 4.90 Å². The van der Waals surface area contributed by atoms with Gasteiger partial charge in [-0.05, 0) is 50.5 Å². The molecule has 0 bridgehead atoms. The third kappa shape index (κ3) is 3.73. The number of anilines is 1. The summed E-state index contributed by atoms with van der Waals surface area (Å²) in [5, 5.41) is 0. The van der Waals surface area contributed by atoms with Crippen molar-refractivity contribution in [2.45, 2.75) is 26.7 Å². The van der Waals surface area contributed by atoms with Gasteiger partial charge in [0.1, 0.15) is 0 Å². The molecule has 23 heavy (non-hydrogen) atoms. The minimum absolute atomic E-state index is 0.704. The van der Waals surface area contributed by atoms with E-state index in [4.69, 9.17) is 0 Å². The summed E-state index contributed by atoms with van der Waals surface area (Å²) in [6.07, 6.45) is 3.69. The largest absolute Gasteiger partial charge is 0.340 e. The van der Waals surface area contributed by atoms with Crippen molar-refractivity contribution in [1.82, 2.24) is 9.97 Å². The first-order valence-corrected chi connectivity index (χ1v) is 7.73. The van der Waals surface area contributed by atoms with Gasteiger partial charge in [0.05, 0.1) is 0 Å². The monoisotopic (exact) mass is 315 g/mol. The Hall–Kier alpha value is -2.30. The molecule has 1 aliphatic rings. The fourth-order valence-electron chi connectivity index (χ4n) is 2.82. The van der Waals surface area contributed by atoms with Crippen LogP contribution in [-0.2, 0) is 0 Å². The molecule has 120 valence electrons. The molecule has 0 N–H and O–H groups in total. The molecular formula is C18H19F2N3. The van der Waals surface area contributed by atoms with Gasteiger partial charge in [0.25, 0.3) is 0 Å². The number of aromatic nitrogens is 2. The van der Waals surface area contributed by atoms with Crippen molar-refractivity contribution in [2.24, 2.45) is 0 Å². The Kier molecular flexibility index (Phi) is 4.37. The Labute approximate surface area is 134 Å². The smallest absolute Gasteiger partial charge is 0.225 e. The average Bonchev–Trinajstić information content (AvgIpc) is 2.51. The van der Waals surface area contributed by atoms with Crippen LogP contribution >= 0.6 is 0 Å². The van der Waals surface area contributed by atoms with E-state index < -0.39 is 11.6 Å². The number of rotatable bonds is 2. The first-order valence-electron chi connectivity index (χ1n) is 7.73. The Morgan fingerprint density at radius 1 is 0.957 bits per heavy atom. The van der Waals surface area contributed by atoms with Crippen molar-refractivity contribution in [3.05, 3.63) is 58.4 Å². The van der Waals surface area contributed by atoms with Gasteiger partial charge in [-0.15, -0.1) is 0 Å². The Morgan fingerprint density at radius 2 is 1.61 bits per heavy atom. The van der Waals surface area contributed by atoms with Crippen LogP contribution in [0.1, 0.15) is 29.8 Å². The van der Waals surface area contributed by atoms with Gasteiger partial charge in [0.2, 0.25) is 5.95 Å². The molecule has 0 spiro atoms. The molecule has 1 aliphatic heterocycles. The van der Waals surface area contributed by atoms with Gasteiger partial charge in [-0.1, -0.05) is 17.7 Å². The summed E-state index contributed by atoms with van der Waals surface area (Å²) in [7, 11) is 0. The summed E-state index contributed by atoms with van der Waals surface area (Å²) in [4.78, 5) is 11.2. The highest BCUT2D eigenvalue weighted by molar-refractivity contribution is 5.54. The highest BCUT2D eigenvalue weighted by atomic mass is 19.2. The summed E-state index contributed by atoms with van der Waals surface area (Å²) in [5.41, 5.74) is 3.87. The molecule has 0 aliphatic carbocycles. The first kappa shape index (κ1) is 15.6. The number of benzene rings is 1. The van der Waals surface area contributed by atoms with Gasteiger partial charge in [0, 0.05) is 24.5 Å². The second-order valence-corrected chi connectivity index (χ2v) is 5.91. The van der Waals surface area contributed by atoms with E-state index in [0.717, 1.165) is 43.3 Å². The average molecular weight is 315 g/mol. The zero-order chi connectivity index (χ0) is 16.4. The molecule has 3 nitrogen and oxygen atoms in total. The third-order valence-corrected chi connectivity index (χ3v) is 3.97. The van der Waals surface area contributed by atoms with E-state index >= 15 is 0 Å². The zero-order valence-corrected chi connectivity index (χ0v) is 13.3. The maximum atomic E-state index is 13.3. The van der Waals surface area contributed by atoms with Crippen LogP contribution in [0.5, 0.6) is 0 Å². The standard InChI is InChI=1S/C18H19F2N3/c1-12-9-13(2)22-18(21-12)23-7-5-14(6-8-23)10-15-3-4-16(19)17(20)11-15/h3-4,9-11H,5-8H2,1-2H3. The molecule has 0 radical (unpaired) electrons. The van der Waals surface area contributed by atoms with E-state index in [0.29, 0.717) is 5.56 Å². The maximum Gasteiger partial charge on any atom is 0.225 e. The topological polar surface area (TPSA) is 29.0 Å². The number of nitrogens with zero attached hydrogens (tertiary/aromatic N) is 3. The molecule has 3 rings (SSSR count). The van der Waals surface area contributed by atoms with E-state index in [1.165, 1.54) is 17.7 Å². The van der Waals surface area contributed by atoms with Crippen LogP contribution in [0.2, 0.25) is 0 Å². The summed E-state index contributed by atoms with van der Waals surface area (Å²) in [5.74, 6) is -0.844. The molecule has 1 aromatic heterocycles. The minimum Gasteiger partial charge on any atom is -0.340 e. The molecular weight excluding hydrogens is 296 g/mol. The molecule has 5 heteroatoms. The summed E-state index contributed by atoms with van der Waals surface area (Å²) in [6, 6.07) is 5.97. The molecule has 2 heterocycles. The van der Waals surface area contributed by atoms with Crippen LogP contribution in [0.25, 0.3) is 6.08 Å². The van der Waals surface area contributed by atoms with E-state index in [1.54, 1.807) is 6.07 Å². The predicted octanol–water partition coefficient (Wildman–Crippen LogP) is 4.06. The van der Waals surface area contributed by atoms with Crippen molar-refractivity contribution >= 4 is 12.0 Å². The number of hydrogen-bond acceptors (Lipinski definition) is 3. The van der Waals surface area contributed by atoms with E-state index in [2.05, 4.69) is 14.9 Å². The second-order valence-electron chi connectivity index (χ2n) is 5.91. The Bertz CT molecular complexity index is 726. The molecule has 0 amide bonds. The van der Waals surface area contributed by atoms with E-state index in [9.17, 15) is 8.78 Å². The normalized spacial score (nSPS) is 15.0. The van der Waals surface area contributed by atoms with Crippen molar-refractivity contribution in [3.8, 4) is 0 Å². The number of piperidine rings is 1. The van der Waals surface area contributed by atoms with Crippen LogP contribution in [-0.4, -0.2) is 23.1 Å². The lowest BCUT2D eigenvalue weighted by atomic mass is 10.0. The van der Waals surface area contributed by atoms with Crippen LogP contribution in [0.15, 0.2) is 29.8 Å². The maximum absolute atomic E-state index is 13.3. The van der Waals surface area contributed by atoms with Crippen molar-refractivity contribution in [1.29, 1.82) is 0 Å². The minimum atomic E-state index is -0.811. The molecule has 1 aromatic carbocycles. The number of halogens is 2. The van der Waals surface area contributed by atoms with Crippen LogP contribution in [0.4, 0.5) is 14.7 Å². The van der Waals surface area contributed by atoms with Crippen LogP contribution in [0.3, 0.4) is 0 Å². The molecule has 1 saturated heterocycles. The highest BCUT2D eigenvalue weighted by Gasteiger charge is 2.17. The van der Waals surface area contributed by atoms with Crippen molar-refractivity contribution in [2.75, 3.05) is 18.0 Å². The van der Waals surface area contributed by atoms with Gasteiger partial charge in [-0.25, -0.2) is 18.7 Å². The molecule has 0 saturated carbocycles. The Balaban J connectivity index is 1.70. The third-order valence-electron chi connectivity index (χ3n) is 3.97. The first-order chi connectivity index (χ1) is 11.0. The Morgan fingerprint density at radius 3 is 2.22 bits per heavy atom. The molecule has 2 aromatic rings. The number of aryl methyl sites for hydroxylation is 2. The lowest BCUT2D eigenvalue weighted by Gasteiger charge is -2.28. The van der Waals surface area contributed by atoms with Gasteiger partial charge in [-0.3, -0.25) is 0 Å². The van der Waals surface area contributed by atoms with E-state index in [1.807, 2.05) is 26.0 Å².